The normalized spacial score (nSPS) is 26.9. The van der Waals surface area contributed by atoms with E-state index >= 15 is 0 Å². The molecule has 0 aromatic rings. The second kappa shape index (κ2) is 2.83. The van der Waals surface area contributed by atoms with Gasteiger partial charge in [0, 0.05) is 11.8 Å². The summed E-state index contributed by atoms with van der Waals surface area (Å²) in [7, 11) is 0. The van der Waals surface area contributed by atoms with Gasteiger partial charge in [-0.15, -0.1) is 0 Å². The Balaban J connectivity index is 2.73. The van der Waals surface area contributed by atoms with E-state index < -0.39 is 0 Å². The van der Waals surface area contributed by atoms with Crippen molar-refractivity contribution in [3.63, 3.8) is 0 Å². The Hall–Kier alpha value is -0.330. The predicted molar refractivity (Wildman–Crippen MR) is 55.5 cm³/mol. The molecule has 0 aliphatic heterocycles. The van der Waals surface area contributed by atoms with E-state index in [1.807, 2.05) is 6.92 Å². The summed E-state index contributed by atoms with van der Waals surface area (Å²) in [5, 5.41) is 0. The molecule has 1 aliphatic carbocycles. The number of Topliss-reactive ketones (excluding diaryl/α,β-unsaturated/α-hetero) is 1. The molecule has 1 unspecified atom stereocenters. The Morgan fingerprint density at radius 2 is 1.62 bits per heavy atom. The van der Waals surface area contributed by atoms with Crippen molar-refractivity contribution in [3.05, 3.63) is 0 Å². The molecule has 76 valence electrons. The average molecular weight is 182 g/mol. The minimum Gasteiger partial charge on any atom is -0.299 e. The van der Waals surface area contributed by atoms with Gasteiger partial charge in [-0.1, -0.05) is 41.5 Å². The third kappa shape index (κ3) is 1.33. The lowest BCUT2D eigenvalue weighted by Crippen LogP contribution is -2.15. The van der Waals surface area contributed by atoms with Crippen molar-refractivity contribution in [2.75, 3.05) is 0 Å². The van der Waals surface area contributed by atoms with Crippen molar-refractivity contribution in [2.24, 2.45) is 22.7 Å². The molecule has 0 radical (unpaired) electrons. The first-order chi connectivity index (χ1) is 5.76. The molecule has 0 N–H and O–H groups in total. The van der Waals surface area contributed by atoms with E-state index in [2.05, 4.69) is 34.6 Å². The molecule has 0 spiro atoms. The first-order valence-corrected chi connectivity index (χ1v) is 5.30. The minimum absolute atomic E-state index is 0.216. The summed E-state index contributed by atoms with van der Waals surface area (Å²) in [5.41, 5.74) is 0.432. The first kappa shape index (κ1) is 10.7. The predicted octanol–water partition coefficient (Wildman–Crippen LogP) is 3.28. The molecule has 0 amide bonds. The molecule has 13 heavy (non-hydrogen) atoms. The molecule has 0 aromatic carbocycles. The van der Waals surface area contributed by atoms with Gasteiger partial charge in [-0.3, -0.25) is 4.79 Å². The quantitative estimate of drug-likeness (QED) is 0.654. The van der Waals surface area contributed by atoms with Crippen molar-refractivity contribution in [1.82, 2.24) is 0 Å². The highest BCUT2D eigenvalue weighted by atomic mass is 16.1. The van der Waals surface area contributed by atoms with Gasteiger partial charge in [0.1, 0.15) is 5.78 Å². The van der Waals surface area contributed by atoms with Crippen LogP contribution in [0.4, 0.5) is 0 Å². The van der Waals surface area contributed by atoms with Gasteiger partial charge in [-0.2, -0.15) is 0 Å². The number of carbonyl (C=O) groups is 1. The van der Waals surface area contributed by atoms with Crippen LogP contribution in [-0.2, 0) is 4.79 Å². The molecule has 1 nitrogen and oxygen atoms in total. The summed E-state index contributed by atoms with van der Waals surface area (Å²) in [6.45, 7) is 13.0. The molecule has 1 heteroatoms. The maximum Gasteiger partial charge on any atom is 0.139 e. The van der Waals surface area contributed by atoms with E-state index in [1.165, 1.54) is 0 Å². The zero-order valence-electron chi connectivity index (χ0n) is 9.77. The van der Waals surface area contributed by atoms with Crippen LogP contribution in [-0.4, -0.2) is 5.78 Å². The van der Waals surface area contributed by atoms with Crippen LogP contribution in [0, 0.1) is 22.7 Å². The summed E-state index contributed by atoms with van der Waals surface area (Å²) in [6, 6.07) is 0. The second-order valence-electron chi connectivity index (χ2n) is 5.59. The van der Waals surface area contributed by atoms with Gasteiger partial charge in [-0.05, 0) is 17.3 Å². The van der Waals surface area contributed by atoms with E-state index in [-0.39, 0.29) is 22.7 Å². The van der Waals surface area contributed by atoms with Gasteiger partial charge in [0.25, 0.3) is 0 Å². The molecular weight excluding hydrogens is 160 g/mol. The van der Waals surface area contributed by atoms with Crippen molar-refractivity contribution in [1.29, 1.82) is 0 Å². The lowest BCUT2D eigenvalue weighted by atomic mass is 9.95. The van der Waals surface area contributed by atoms with Gasteiger partial charge in [0.15, 0.2) is 0 Å². The summed E-state index contributed by atoms with van der Waals surface area (Å²) in [4.78, 5) is 12.0. The Morgan fingerprint density at radius 3 is 1.85 bits per heavy atom. The van der Waals surface area contributed by atoms with Crippen LogP contribution in [0.5, 0.6) is 0 Å². The van der Waals surface area contributed by atoms with E-state index in [0.717, 1.165) is 6.42 Å². The van der Waals surface area contributed by atoms with Gasteiger partial charge >= 0.3 is 0 Å². The van der Waals surface area contributed by atoms with Crippen LogP contribution < -0.4 is 0 Å². The van der Waals surface area contributed by atoms with E-state index in [9.17, 15) is 4.79 Å². The van der Waals surface area contributed by atoms with E-state index in [1.54, 1.807) is 0 Å². The lowest BCUT2D eigenvalue weighted by Gasteiger charge is -2.08. The molecule has 0 saturated heterocycles. The van der Waals surface area contributed by atoms with Crippen molar-refractivity contribution in [2.45, 2.75) is 48.0 Å². The van der Waals surface area contributed by atoms with Crippen LogP contribution in [0.1, 0.15) is 48.0 Å². The SMILES string of the molecule is CCC(C)C(=O)C1C(C)(C)C1(C)C. The Kier molecular flexibility index (Phi) is 2.34. The zero-order chi connectivity index (χ0) is 10.4. The van der Waals surface area contributed by atoms with Gasteiger partial charge in [-0.25, -0.2) is 0 Å². The number of hydrogen-bond donors (Lipinski definition) is 0. The molecule has 0 heterocycles. The fourth-order valence-electron chi connectivity index (χ4n) is 2.39. The number of carbonyl (C=O) groups excluding carboxylic acids is 1. The Morgan fingerprint density at radius 1 is 1.23 bits per heavy atom. The highest BCUT2D eigenvalue weighted by Crippen LogP contribution is 2.69. The maximum absolute atomic E-state index is 12.0. The number of rotatable bonds is 3. The Labute approximate surface area is 81.9 Å². The second-order valence-corrected chi connectivity index (χ2v) is 5.59. The smallest absolute Gasteiger partial charge is 0.139 e. The molecule has 1 aliphatic rings. The lowest BCUT2D eigenvalue weighted by molar-refractivity contribution is -0.124. The molecule has 1 fully saturated rings. The minimum atomic E-state index is 0.216. The standard InChI is InChI=1S/C12H22O/c1-7-8(2)9(13)10-11(3,4)12(10,5)6/h8,10H,7H2,1-6H3. The van der Waals surface area contributed by atoms with Crippen LogP contribution in [0.25, 0.3) is 0 Å². The topological polar surface area (TPSA) is 17.1 Å². The zero-order valence-corrected chi connectivity index (χ0v) is 9.77. The van der Waals surface area contributed by atoms with Crippen LogP contribution in [0.15, 0.2) is 0 Å². The molecule has 0 aromatic heterocycles. The van der Waals surface area contributed by atoms with Crippen molar-refractivity contribution >= 4 is 5.78 Å². The Bertz CT molecular complexity index is 211. The van der Waals surface area contributed by atoms with Crippen molar-refractivity contribution < 1.29 is 4.79 Å². The summed E-state index contributed by atoms with van der Waals surface area (Å²) in [5.74, 6) is 0.999. The highest BCUT2D eigenvalue weighted by Gasteiger charge is 2.67. The summed E-state index contributed by atoms with van der Waals surface area (Å²) < 4.78 is 0. The van der Waals surface area contributed by atoms with Crippen LogP contribution in [0.3, 0.4) is 0 Å². The number of hydrogen-bond acceptors (Lipinski definition) is 1. The number of ketones is 1. The van der Waals surface area contributed by atoms with Crippen molar-refractivity contribution in [3.8, 4) is 0 Å². The monoisotopic (exact) mass is 182 g/mol. The maximum atomic E-state index is 12.0. The van der Waals surface area contributed by atoms with Crippen LogP contribution in [0.2, 0.25) is 0 Å². The fourth-order valence-corrected chi connectivity index (χ4v) is 2.39. The molecule has 1 rings (SSSR count). The summed E-state index contributed by atoms with van der Waals surface area (Å²) in [6.07, 6.45) is 0.974. The van der Waals surface area contributed by atoms with E-state index in [4.69, 9.17) is 0 Å². The molecular formula is C12H22O. The molecule has 1 saturated carbocycles. The molecule has 0 bridgehead atoms. The van der Waals surface area contributed by atoms with Gasteiger partial charge in [0.2, 0.25) is 0 Å². The third-order valence-corrected chi connectivity index (χ3v) is 4.40. The van der Waals surface area contributed by atoms with Crippen LogP contribution >= 0.6 is 0 Å². The van der Waals surface area contributed by atoms with Gasteiger partial charge in [0.05, 0.1) is 0 Å². The fraction of sp³-hybridized carbons (Fsp3) is 0.917. The first-order valence-electron chi connectivity index (χ1n) is 5.30. The largest absolute Gasteiger partial charge is 0.299 e. The van der Waals surface area contributed by atoms with Gasteiger partial charge < -0.3 is 0 Å². The van der Waals surface area contributed by atoms with E-state index in [0.29, 0.717) is 5.78 Å². The highest BCUT2D eigenvalue weighted by molar-refractivity contribution is 5.87. The average Bonchev–Trinajstić information content (AvgIpc) is 2.41. The summed E-state index contributed by atoms with van der Waals surface area (Å²) >= 11 is 0. The third-order valence-electron chi connectivity index (χ3n) is 4.40. The molecule has 1 atom stereocenters.